The summed E-state index contributed by atoms with van der Waals surface area (Å²) in [7, 11) is 1.82. The second-order valence-electron chi connectivity index (χ2n) is 6.60. The van der Waals surface area contributed by atoms with Gasteiger partial charge < -0.3 is 15.6 Å². The van der Waals surface area contributed by atoms with Gasteiger partial charge in [-0.25, -0.2) is 4.98 Å². The summed E-state index contributed by atoms with van der Waals surface area (Å²) in [6.45, 7) is 6.18. The number of H-pyrrole nitrogens is 1. The van der Waals surface area contributed by atoms with Crippen molar-refractivity contribution in [1.29, 1.82) is 0 Å². The van der Waals surface area contributed by atoms with E-state index in [0.29, 0.717) is 5.82 Å². The number of hydrogen-bond acceptors (Lipinski definition) is 3. The number of carbonyl (C=O) groups excluding carboxylic acids is 1. The molecule has 0 aliphatic heterocycles. The lowest BCUT2D eigenvalue weighted by Crippen LogP contribution is -2.28. The van der Waals surface area contributed by atoms with Crippen molar-refractivity contribution >= 4 is 28.7 Å². The van der Waals surface area contributed by atoms with Crippen LogP contribution in [0.1, 0.15) is 35.3 Å². The molecule has 2 aromatic heterocycles. The molecule has 0 saturated carbocycles. The van der Waals surface area contributed by atoms with Crippen LogP contribution in [-0.2, 0) is 4.79 Å². The van der Waals surface area contributed by atoms with Gasteiger partial charge in [0.05, 0.1) is 6.04 Å². The SMILES string of the molecule is Cc1[nH]c2c(C)cccc2c1C(C)N(C)C(=O)C=Cc1cccnc1N. The lowest BCUT2D eigenvalue weighted by Gasteiger charge is -2.24. The van der Waals surface area contributed by atoms with Gasteiger partial charge in [0.25, 0.3) is 0 Å². The number of aryl methyl sites for hydroxylation is 2. The van der Waals surface area contributed by atoms with Crippen molar-refractivity contribution in [3.8, 4) is 0 Å². The van der Waals surface area contributed by atoms with Crippen LogP contribution in [0, 0.1) is 13.8 Å². The number of fused-ring (bicyclic) bond motifs is 1. The summed E-state index contributed by atoms with van der Waals surface area (Å²) in [6, 6.07) is 9.81. The van der Waals surface area contributed by atoms with Crippen LogP contribution < -0.4 is 5.73 Å². The van der Waals surface area contributed by atoms with Gasteiger partial charge in [-0.3, -0.25) is 4.79 Å². The van der Waals surface area contributed by atoms with Gasteiger partial charge in [0.2, 0.25) is 5.91 Å². The molecule has 0 spiro atoms. The smallest absolute Gasteiger partial charge is 0.246 e. The van der Waals surface area contributed by atoms with Gasteiger partial charge >= 0.3 is 0 Å². The highest BCUT2D eigenvalue weighted by Gasteiger charge is 2.21. The van der Waals surface area contributed by atoms with Gasteiger partial charge in [0.1, 0.15) is 5.82 Å². The molecular weight excluding hydrogens is 324 g/mol. The minimum absolute atomic E-state index is 0.0612. The lowest BCUT2D eigenvalue weighted by atomic mass is 10.0. The third-order valence-corrected chi connectivity index (χ3v) is 4.90. The molecule has 26 heavy (non-hydrogen) atoms. The molecule has 1 atom stereocenters. The van der Waals surface area contributed by atoms with Gasteiger partial charge in [-0.1, -0.05) is 18.2 Å². The fourth-order valence-electron chi connectivity index (χ4n) is 3.29. The Morgan fingerprint density at radius 2 is 2.04 bits per heavy atom. The highest BCUT2D eigenvalue weighted by Crippen LogP contribution is 2.32. The molecule has 0 bridgehead atoms. The van der Waals surface area contributed by atoms with Crippen LogP contribution in [0.2, 0.25) is 0 Å². The number of nitrogen functional groups attached to an aromatic ring is 1. The summed E-state index contributed by atoms with van der Waals surface area (Å²) in [5.74, 6) is 0.331. The first-order valence-corrected chi connectivity index (χ1v) is 8.63. The number of pyridine rings is 1. The highest BCUT2D eigenvalue weighted by atomic mass is 16.2. The molecule has 3 rings (SSSR count). The third-order valence-electron chi connectivity index (χ3n) is 4.90. The molecule has 3 N–H and O–H groups in total. The van der Waals surface area contributed by atoms with Crippen LogP contribution in [0.4, 0.5) is 5.82 Å². The zero-order chi connectivity index (χ0) is 18.8. The van der Waals surface area contributed by atoms with Crippen LogP contribution in [-0.4, -0.2) is 27.8 Å². The maximum Gasteiger partial charge on any atom is 0.246 e. The fraction of sp³-hybridized carbons (Fsp3) is 0.238. The number of hydrogen-bond donors (Lipinski definition) is 2. The number of nitrogens with one attached hydrogen (secondary N) is 1. The molecule has 5 nitrogen and oxygen atoms in total. The number of aromatic nitrogens is 2. The molecule has 1 unspecified atom stereocenters. The number of rotatable bonds is 4. The van der Waals surface area contributed by atoms with E-state index >= 15 is 0 Å². The Kier molecular flexibility index (Phi) is 4.80. The van der Waals surface area contributed by atoms with Crippen LogP contribution >= 0.6 is 0 Å². The summed E-state index contributed by atoms with van der Waals surface area (Å²) in [4.78, 5) is 21.9. The van der Waals surface area contributed by atoms with E-state index in [-0.39, 0.29) is 11.9 Å². The van der Waals surface area contributed by atoms with Crippen molar-refractivity contribution in [3.63, 3.8) is 0 Å². The summed E-state index contributed by atoms with van der Waals surface area (Å²) >= 11 is 0. The standard InChI is InChI=1S/C21H24N4O/c1-13-7-5-9-17-19(14(2)24-20(13)17)15(3)25(4)18(26)11-10-16-8-6-12-23-21(16)22/h5-12,15,24H,1-4H3,(H2,22,23). The second-order valence-corrected chi connectivity index (χ2v) is 6.60. The van der Waals surface area contributed by atoms with Gasteiger partial charge in [-0.15, -0.1) is 0 Å². The van der Waals surface area contributed by atoms with E-state index in [2.05, 4.69) is 35.9 Å². The largest absolute Gasteiger partial charge is 0.383 e. The van der Waals surface area contributed by atoms with E-state index in [1.54, 1.807) is 29.3 Å². The molecule has 2 heterocycles. The van der Waals surface area contributed by atoms with Crippen molar-refractivity contribution in [3.05, 3.63) is 65.0 Å². The number of nitrogens with zero attached hydrogens (tertiary/aromatic N) is 2. The number of benzene rings is 1. The monoisotopic (exact) mass is 348 g/mol. The Morgan fingerprint density at radius 1 is 1.27 bits per heavy atom. The predicted octanol–water partition coefficient (Wildman–Crippen LogP) is 3.99. The van der Waals surface area contributed by atoms with Gasteiger partial charge in [0, 0.05) is 47.0 Å². The second kappa shape index (κ2) is 7.04. The molecule has 134 valence electrons. The molecule has 5 heteroatoms. The maximum atomic E-state index is 12.6. The van der Waals surface area contributed by atoms with Gasteiger partial charge in [-0.05, 0) is 44.5 Å². The molecule has 3 aromatic rings. The summed E-state index contributed by atoms with van der Waals surface area (Å²) in [5, 5.41) is 1.16. The van der Waals surface area contributed by atoms with Gasteiger partial charge in [0.15, 0.2) is 0 Å². The number of nitrogens with two attached hydrogens (primary N) is 1. The minimum atomic E-state index is -0.0813. The quantitative estimate of drug-likeness (QED) is 0.700. The van der Waals surface area contributed by atoms with E-state index in [1.807, 2.05) is 26.1 Å². The Hall–Kier alpha value is -3.08. The molecule has 0 aliphatic rings. The first kappa shape index (κ1) is 17.7. The molecule has 0 fully saturated rings. The van der Waals surface area contributed by atoms with E-state index in [0.717, 1.165) is 27.7 Å². The summed E-state index contributed by atoms with van der Waals surface area (Å²) < 4.78 is 0. The number of carbonyl (C=O) groups is 1. The molecular formula is C21H24N4O. The van der Waals surface area contributed by atoms with Crippen LogP contribution in [0.15, 0.2) is 42.6 Å². The number of amides is 1. The van der Waals surface area contributed by atoms with E-state index in [4.69, 9.17) is 5.73 Å². The first-order chi connectivity index (χ1) is 12.4. The van der Waals surface area contributed by atoms with Crippen molar-refractivity contribution in [2.45, 2.75) is 26.8 Å². The maximum absolute atomic E-state index is 12.6. The Labute approximate surface area is 153 Å². The zero-order valence-electron chi connectivity index (χ0n) is 15.6. The Balaban J connectivity index is 1.87. The van der Waals surface area contributed by atoms with E-state index in [1.165, 1.54) is 5.56 Å². The Bertz CT molecular complexity index is 987. The van der Waals surface area contributed by atoms with E-state index in [9.17, 15) is 4.79 Å². The molecule has 0 aliphatic carbocycles. The number of para-hydroxylation sites is 1. The van der Waals surface area contributed by atoms with Crippen molar-refractivity contribution in [1.82, 2.24) is 14.9 Å². The number of likely N-dealkylation sites (N-methyl/N-ethyl adjacent to an activating group) is 1. The highest BCUT2D eigenvalue weighted by molar-refractivity contribution is 5.93. The van der Waals surface area contributed by atoms with Crippen molar-refractivity contribution in [2.75, 3.05) is 12.8 Å². The molecule has 0 saturated heterocycles. The molecule has 1 aromatic carbocycles. The Morgan fingerprint density at radius 3 is 2.77 bits per heavy atom. The zero-order valence-corrected chi connectivity index (χ0v) is 15.6. The average molecular weight is 348 g/mol. The summed E-state index contributed by atoms with van der Waals surface area (Å²) in [6.07, 6.45) is 4.88. The van der Waals surface area contributed by atoms with Crippen molar-refractivity contribution < 1.29 is 4.79 Å². The summed E-state index contributed by atoms with van der Waals surface area (Å²) in [5.41, 5.74) is 11.1. The average Bonchev–Trinajstić information content (AvgIpc) is 2.97. The topological polar surface area (TPSA) is 75.0 Å². The molecule has 1 amide bonds. The van der Waals surface area contributed by atoms with E-state index < -0.39 is 0 Å². The normalized spacial score (nSPS) is 12.6. The first-order valence-electron chi connectivity index (χ1n) is 8.63. The fourth-order valence-corrected chi connectivity index (χ4v) is 3.29. The van der Waals surface area contributed by atoms with Gasteiger partial charge in [-0.2, -0.15) is 0 Å². The number of anilines is 1. The van der Waals surface area contributed by atoms with Crippen molar-refractivity contribution in [2.24, 2.45) is 0 Å². The lowest BCUT2D eigenvalue weighted by molar-refractivity contribution is -0.126. The number of aromatic amines is 1. The van der Waals surface area contributed by atoms with Crippen LogP contribution in [0.3, 0.4) is 0 Å². The van der Waals surface area contributed by atoms with Crippen LogP contribution in [0.5, 0.6) is 0 Å². The molecule has 0 radical (unpaired) electrons. The minimum Gasteiger partial charge on any atom is -0.383 e. The third kappa shape index (κ3) is 3.20. The van der Waals surface area contributed by atoms with Crippen LogP contribution in [0.25, 0.3) is 17.0 Å². The predicted molar refractivity (Wildman–Crippen MR) is 107 cm³/mol.